The molecule has 3 rings (SSSR count). The predicted octanol–water partition coefficient (Wildman–Crippen LogP) is 5.02. The Morgan fingerprint density at radius 2 is 1.88 bits per heavy atom. The number of benzene rings is 2. The molecule has 3 aromatic rings. The molecule has 0 radical (unpaired) electrons. The largest absolute Gasteiger partial charge is 0.381 e. The molecule has 0 fully saturated rings. The van der Waals surface area contributed by atoms with Crippen LogP contribution < -0.4 is 10.6 Å². The fourth-order valence-electron chi connectivity index (χ4n) is 2.42. The number of pyridine rings is 1. The number of nitrogens with one attached hydrogen (secondary N) is 2. The number of hydrogen-bond acceptors (Lipinski definition) is 3. The number of carbonyl (C=O) groups excluding carboxylic acids is 1. The average Bonchev–Trinajstić information content (AvgIpc) is 2.63. The Morgan fingerprint density at radius 1 is 1.08 bits per heavy atom. The van der Waals surface area contributed by atoms with Gasteiger partial charge in [0.15, 0.2) is 0 Å². The third-order valence-electron chi connectivity index (χ3n) is 3.77. The Morgan fingerprint density at radius 3 is 2.64 bits per heavy atom. The molecule has 0 aliphatic carbocycles. The Labute approximate surface area is 155 Å². The SMILES string of the molecule is Cc1cc(Br)ccc1NC(=O)c1cc(NCc2ccccc2)ccn1. The lowest BCUT2D eigenvalue weighted by molar-refractivity contribution is 0.102. The Bertz CT molecular complexity index is 881. The molecule has 1 aromatic heterocycles. The van der Waals surface area contributed by atoms with Crippen LogP contribution in [0.1, 0.15) is 21.6 Å². The molecule has 2 aromatic carbocycles. The molecule has 0 unspecified atom stereocenters. The molecule has 4 nitrogen and oxygen atoms in total. The Kier molecular flexibility index (Phi) is 5.46. The number of anilines is 2. The third kappa shape index (κ3) is 4.67. The molecule has 1 amide bonds. The first-order valence-corrected chi connectivity index (χ1v) is 8.72. The first kappa shape index (κ1) is 17.2. The highest BCUT2D eigenvalue weighted by atomic mass is 79.9. The molecule has 0 aliphatic heterocycles. The van der Waals surface area contributed by atoms with E-state index in [9.17, 15) is 4.79 Å². The predicted molar refractivity (Wildman–Crippen MR) is 105 cm³/mol. The fraction of sp³-hybridized carbons (Fsp3) is 0.100. The minimum absolute atomic E-state index is 0.228. The van der Waals surface area contributed by atoms with Gasteiger partial charge in [0, 0.05) is 28.6 Å². The van der Waals surface area contributed by atoms with E-state index in [2.05, 4.69) is 43.7 Å². The van der Waals surface area contributed by atoms with E-state index >= 15 is 0 Å². The minimum atomic E-state index is -0.228. The van der Waals surface area contributed by atoms with Gasteiger partial charge in [-0.2, -0.15) is 0 Å². The van der Waals surface area contributed by atoms with E-state index < -0.39 is 0 Å². The topological polar surface area (TPSA) is 54.0 Å². The number of aryl methyl sites for hydroxylation is 1. The summed E-state index contributed by atoms with van der Waals surface area (Å²) in [5.41, 5.74) is 4.17. The standard InChI is InChI=1S/C20H18BrN3O/c1-14-11-16(21)7-8-18(14)24-20(25)19-12-17(9-10-22-19)23-13-15-5-3-2-4-6-15/h2-12H,13H2,1H3,(H,22,23)(H,24,25). The zero-order chi connectivity index (χ0) is 17.6. The van der Waals surface area contributed by atoms with Crippen molar-refractivity contribution in [1.82, 2.24) is 4.98 Å². The van der Waals surface area contributed by atoms with Crippen molar-refractivity contribution in [2.24, 2.45) is 0 Å². The molecule has 0 saturated heterocycles. The highest BCUT2D eigenvalue weighted by Crippen LogP contribution is 2.21. The van der Waals surface area contributed by atoms with Crippen LogP contribution in [-0.2, 0) is 6.54 Å². The molecule has 25 heavy (non-hydrogen) atoms. The van der Waals surface area contributed by atoms with Gasteiger partial charge in [-0.3, -0.25) is 9.78 Å². The summed E-state index contributed by atoms with van der Waals surface area (Å²) < 4.78 is 0.980. The van der Waals surface area contributed by atoms with Crippen LogP contribution in [0.2, 0.25) is 0 Å². The smallest absolute Gasteiger partial charge is 0.274 e. The summed E-state index contributed by atoms with van der Waals surface area (Å²) in [5, 5.41) is 6.22. The van der Waals surface area contributed by atoms with E-state index in [0.717, 1.165) is 21.4 Å². The van der Waals surface area contributed by atoms with Crippen LogP contribution in [0.5, 0.6) is 0 Å². The van der Waals surface area contributed by atoms with E-state index in [1.807, 2.05) is 49.4 Å². The number of amides is 1. The molecule has 126 valence electrons. The van der Waals surface area contributed by atoms with Crippen molar-refractivity contribution in [2.75, 3.05) is 10.6 Å². The van der Waals surface area contributed by atoms with E-state index in [4.69, 9.17) is 0 Å². The van der Waals surface area contributed by atoms with Crippen molar-refractivity contribution in [3.8, 4) is 0 Å². The molecular weight excluding hydrogens is 378 g/mol. The summed E-state index contributed by atoms with van der Waals surface area (Å²) in [6.45, 7) is 2.64. The molecular formula is C20H18BrN3O. The second-order valence-corrected chi connectivity index (χ2v) is 6.60. The summed E-state index contributed by atoms with van der Waals surface area (Å²) in [4.78, 5) is 16.6. The van der Waals surface area contributed by atoms with Gasteiger partial charge < -0.3 is 10.6 Å². The van der Waals surface area contributed by atoms with Crippen LogP contribution in [0.25, 0.3) is 0 Å². The zero-order valence-electron chi connectivity index (χ0n) is 13.8. The number of aromatic nitrogens is 1. The second-order valence-electron chi connectivity index (χ2n) is 5.68. The van der Waals surface area contributed by atoms with Crippen LogP contribution in [0.15, 0.2) is 71.3 Å². The maximum atomic E-state index is 12.5. The quantitative estimate of drug-likeness (QED) is 0.637. The maximum absolute atomic E-state index is 12.5. The van der Waals surface area contributed by atoms with Gasteiger partial charge in [0.05, 0.1) is 0 Å². The van der Waals surface area contributed by atoms with Gasteiger partial charge in [0.25, 0.3) is 5.91 Å². The Hall–Kier alpha value is -2.66. The zero-order valence-corrected chi connectivity index (χ0v) is 15.4. The maximum Gasteiger partial charge on any atom is 0.274 e. The van der Waals surface area contributed by atoms with Crippen molar-refractivity contribution in [2.45, 2.75) is 13.5 Å². The molecule has 0 atom stereocenters. The Balaban J connectivity index is 1.69. The number of hydrogen-bond donors (Lipinski definition) is 2. The molecule has 1 heterocycles. The highest BCUT2D eigenvalue weighted by molar-refractivity contribution is 9.10. The van der Waals surface area contributed by atoms with Gasteiger partial charge in [0.1, 0.15) is 5.69 Å². The first-order chi connectivity index (χ1) is 12.1. The van der Waals surface area contributed by atoms with Crippen molar-refractivity contribution >= 4 is 33.2 Å². The fourth-order valence-corrected chi connectivity index (χ4v) is 2.89. The molecule has 5 heteroatoms. The number of nitrogens with zero attached hydrogens (tertiary/aromatic N) is 1. The third-order valence-corrected chi connectivity index (χ3v) is 4.26. The molecule has 0 spiro atoms. The molecule has 0 bridgehead atoms. The second kappa shape index (κ2) is 7.94. The number of rotatable bonds is 5. The lowest BCUT2D eigenvalue weighted by Gasteiger charge is -2.10. The summed E-state index contributed by atoms with van der Waals surface area (Å²) in [7, 11) is 0. The monoisotopic (exact) mass is 395 g/mol. The van der Waals surface area contributed by atoms with Gasteiger partial charge in [0.2, 0.25) is 0 Å². The van der Waals surface area contributed by atoms with Crippen molar-refractivity contribution in [1.29, 1.82) is 0 Å². The molecule has 0 saturated carbocycles. The van der Waals surface area contributed by atoms with E-state index in [-0.39, 0.29) is 5.91 Å². The molecule has 0 aliphatic rings. The number of halogens is 1. The van der Waals surface area contributed by atoms with Crippen molar-refractivity contribution in [3.05, 3.63) is 88.2 Å². The van der Waals surface area contributed by atoms with Gasteiger partial charge in [-0.05, 0) is 48.4 Å². The van der Waals surface area contributed by atoms with Crippen molar-refractivity contribution in [3.63, 3.8) is 0 Å². The van der Waals surface area contributed by atoms with Crippen LogP contribution in [0, 0.1) is 6.92 Å². The summed E-state index contributed by atoms with van der Waals surface area (Å²) in [5.74, 6) is -0.228. The summed E-state index contributed by atoms with van der Waals surface area (Å²) >= 11 is 3.42. The summed E-state index contributed by atoms with van der Waals surface area (Å²) in [6.07, 6.45) is 1.64. The van der Waals surface area contributed by atoms with Crippen LogP contribution >= 0.6 is 15.9 Å². The first-order valence-electron chi connectivity index (χ1n) is 7.93. The lowest BCUT2D eigenvalue weighted by atomic mass is 10.2. The van der Waals surface area contributed by atoms with E-state index in [0.29, 0.717) is 12.2 Å². The summed E-state index contributed by atoms with van der Waals surface area (Å²) in [6, 6.07) is 19.4. The molecule has 2 N–H and O–H groups in total. The average molecular weight is 396 g/mol. The van der Waals surface area contributed by atoms with Gasteiger partial charge in [-0.15, -0.1) is 0 Å². The van der Waals surface area contributed by atoms with Crippen LogP contribution in [0.4, 0.5) is 11.4 Å². The van der Waals surface area contributed by atoms with Crippen LogP contribution in [-0.4, -0.2) is 10.9 Å². The van der Waals surface area contributed by atoms with Gasteiger partial charge in [-0.1, -0.05) is 46.3 Å². The minimum Gasteiger partial charge on any atom is -0.381 e. The highest BCUT2D eigenvalue weighted by Gasteiger charge is 2.10. The van der Waals surface area contributed by atoms with Gasteiger partial charge >= 0.3 is 0 Å². The van der Waals surface area contributed by atoms with Gasteiger partial charge in [-0.25, -0.2) is 0 Å². The lowest BCUT2D eigenvalue weighted by Crippen LogP contribution is -2.14. The van der Waals surface area contributed by atoms with Crippen molar-refractivity contribution < 1.29 is 4.79 Å². The van der Waals surface area contributed by atoms with Crippen LogP contribution in [0.3, 0.4) is 0 Å². The normalized spacial score (nSPS) is 10.3. The van der Waals surface area contributed by atoms with E-state index in [1.165, 1.54) is 5.56 Å². The van der Waals surface area contributed by atoms with E-state index in [1.54, 1.807) is 12.3 Å². The number of carbonyl (C=O) groups is 1.